The lowest BCUT2D eigenvalue weighted by Gasteiger charge is -2.38. The Balaban J connectivity index is 1.65. The molecule has 2 atom stereocenters. The Morgan fingerprint density at radius 1 is 1.22 bits per heavy atom. The molecule has 9 nitrogen and oxygen atoms in total. The molecule has 2 N–H and O–H groups in total. The fraction of sp³-hybridized carbons (Fsp3) is 0.500. The van der Waals surface area contributed by atoms with Crippen LogP contribution >= 0.6 is 0 Å². The third-order valence-corrected chi connectivity index (χ3v) is 7.51. The van der Waals surface area contributed by atoms with E-state index < -0.39 is 5.54 Å². The molecule has 9 heteroatoms. The summed E-state index contributed by atoms with van der Waals surface area (Å²) < 4.78 is 16.5. The van der Waals surface area contributed by atoms with Gasteiger partial charge in [0.15, 0.2) is 0 Å². The molecule has 1 fully saturated rings. The predicted octanol–water partition coefficient (Wildman–Crippen LogP) is 5.61. The fourth-order valence-corrected chi connectivity index (χ4v) is 5.87. The first-order valence-electron chi connectivity index (χ1n) is 12.9. The van der Waals surface area contributed by atoms with Crippen LogP contribution in [0.5, 0.6) is 11.5 Å². The van der Waals surface area contributed by atoms with E-state index in [-0.39, 0.29) is 18.0 Å². The topological polar surface area (TPSA) is 96.3 Å². The van der Waals surface area contributed by atoms with Gasteiger partial charge in [-0.05, 0) is 38.3 Å². The normalized spacial score (nSPS) is 20.6. The quantitative estimate of drug-likeness (QED) is 0.457. The summed E-state index contributed by atoms with van der Waals surface area (Å²) in [5.41, 5.74) is 3.20. The zero-order chi connectivity index (χ0) is 26.7. The van der Waals surface area contributed by atoms with Gasteiger partial charge in [0.25, 0.3) is 0 Å². The number of carbonyl (C=O) groups excluding carboxylic acids is 2. The number of aryl methyl sites for hydroxylation is 1. The van der Waals surface area contributed by atoms with Crippen LogP contribution < -0.4 is 20.1 Å². The molecule has 1 aromatic heterocycles. The Bertz CT molecular complexity index is 1190. The van der Waals surface area contributed by atoms with E-state index >= 15 is 0 Å². The summed E-state index contributed by atoms with van der Waals surface area (Å²) in [6, 6.07) is 5.31. The number of carbonyl (C=O) groups is 2. The van der Waals surface area contributed by atoms with E-state index in [1.165, 1.54) is 0 Å². The molecule has 4 rings (SSSR count). The Labute approximate surface area is 218 Å². The lowest BCUT2D eigenvalue weighted by atomic mass is 9.83. The summed E-state index contributed by atoms with van der Waals surface area (Å²) in [7, 11) is 3.29. The van der Waals surface area contributed by atoms with Crippen molar-refractivity contribution in [2.75, 3.05) is 32.6 Å². The van der Waals surface area contributed by atoms with Crippen LogP contribution in [-0.4, -0.2) is 54.7 Å². The highest BCUT2D eigenvalue weighted by molar-refractivity contribution is 5.89. The number of hydrogen-bond acceptors (Lipinski definition) is 5. The molecule has 2 aliphatic rings. The van der Waals surface area contributed by atoms with E-state index in [2.05, 4.69) is 30.6 Å². The van der Waals surface area contributed by atoms with Crippen molar-refractivity contribution in [1.29, 1.82) is 0 Å². The predicted molar refractivity (Wildman–Crippen MR) is 142 cm³/mol. The first kappa shape index (κ1) is 26.4. The van der Waals surface area contributed by atoms with Gasteiger partial charge >= 0.3 is 12.1 Å². The molecule has 0 saturated carbocycles. The van der Waals surface area contributed by atoms with Crippen molar-refractivity contribution in [1.82, 2.24) is 15.1 Å². The van der Waals surface area contributed by atoms with Gasteiger partial charge < -0.3 is 29.4 Å². The van der Waals surface area contributed by atoms with Crippen LogP contribution in [0.15, 0.2) is 40.7 Å². The maximum atomic E-state index is 13.8. The highest BCUT2D eigenvalue weighted by Crippen LogP contribution is 2.48. The molecule has 1 aromatic carbocycles. The van der Waals surface area contributed by atoms with Crippen molar-refractivity contribution in [3.05, 3.63) is 53.1 Å². The zero-order valence-corrected chi connectivity index (χ0v) is 22.6. The average Bonchev–Trinajstić information content (AvgIpc) is 3.31. The minimum Gasteiger partial charge on any atom is -0.497 e. The number of nitrogens with one attached hydrogen (secondary N) is 2. The van der Waals surface area contributed by atoms with E-state index in [0.29, 0.717) is 43.3 Å². The number of anilines is 1. The van der Waals surface area contributed by atoms with E-state index in [1.54, 1.807) is 33.5 Å². The van der Waals surface area contributed by atoms with Crippen LogP contribution in [0.4, 0.5) is 15.3 Å². The number of benzene rings is 1. The van der Waals surface area contributed by atoms with Gasteiger partial charge in [0.05, 0.1) is 38.3 Å². The van der Waals surface area contributed by atoms with Crippen LogP contribution in [0, 0.1) is 6.92 Å². The lowest BCUT2D eigenvalue weighted by Crippen LogP contribution is -2.48. The summed E-state index contributed by atoms with van der Waals surface area (Å²) in [5, 5.41) is 5.81. The third-order valence-electron chi connectivity index (χ3n) is 7.51. The van der Waals surface area contributed by atoms with Crippen LogP contribution in [0.2, 0.25) is 0 Å². The lowest BCUT2D eigenvalue weighted by molar-refractivity contribution is 0.151. The Morgan fingerprint density at radius 2 is 2.00 bits per heavy atom. The van der Waals surface area contributed by atoms with Crippen LogP contribution in [-0.2, 0) is 6.54 Å². The smallest absolute Gasteiger partial charge is 0.325 e. The van der Waals surface area contributed by atoms with Gasteiger partial charge in [0.2, 0.25) is 0 Å². The summed E-state index contributed by atoms with van der Waals surface area (Å²) in [4.78, 5) is 30.3. The van der Waals surface area contributed by atoms with Crippen molar-refractivity contribution in [2.24, 2.45) is 0 Å². The van der Waals surface area contributed by atoms with Crippen molar-refractivity contribution in [3.8, 4) is 11.5 Å². The highest BCUT2D eigenvalue weighted by atomic mass is 16.5. The molecule has 2 aromatic rings. The van der Waals surface area contributed by atoms with Crippen LogP contribution in [0.25, 0.3) is 0 Å². The number of allylic oxidation sites excluding steroid dienone is 1. The fourth-order valence-electron chi connectivity index (χ4n) is 5.87. The van der Waals surface area contributed by atoms with Gasteiger partial charge in [0, 0.05) is 42.4 Å². The van der Waals surface area contributed by atoms with Gasteiger partial charge in [-0.3, -0.25) is 4.90 Å². The van der Waals surface area contributed by atoms with Crippen LogP contribution in [0.1, 0.15) is 62.8 Å². The molecule has 3 heterocycles. The van der Waals surface area contributed by atoms with Gasteiger partial charge in [0.1, 0.15) is 17.3 Å². The van der Waals surface area contributed by atoms with Gasteiger partial charge in [-0.15, -0.1) is 0 Å². The molecule has 37 heavy (non-hydrogen) atoms. The van der Waals surface area contributed by atoms with E-state index in [0.717, 1.165) is 35.4 Å². The number of likely N-dealkylation sites (N-methyl/N-ethyl adjacent to an activating group) is 1. The zero-order valence-electron chi connectivity index (χ0n) is 22.6. The molecule has 1 unspecified atom stereocenters. The second-order valence-electron chi connectivity index (χ2n) is 9.66. The number of nitrogens with zero attached hydrogens (tertiary/aromatic N) is 2. The first-order chi connectivity index (χ1) is 17.8. The molecule has 200 valence electrons. The van der Waals surface area contributed by atoms with Gasteiger partial charge in [-0.2, -0.15) is 0 Å². The minimum absolute atomic E-state index is 0.0116. The molecular weight excluding hydrogens is 472 g/mol. The van der Waals surface area contributed by atoms with Crippen molar-refractivity contribution >= 4 is 17.7 Å². The Kier molecular flexibility index (Phi) is 7.71. The second kappa shape index (κ2) is 10.8. The van der Waals surface area contributed by atoms with Gasteiger partial charge in [-0.25, -0.2) is 9.59 Å². The molecule has 0 radical (unpaired) electrons. The maximum Gasteiger partial charge on any atom is 0.325 e. The summed E-state index contributed by atoms with van der Waals surface area (Å²) in [6.07, 6.45) is 6.04. The minimum atomic E-state index is -0.521. The summed E-state index contributed by atoms with van der Waals surface area (Å²) in [5.74, 6) is 2.13. The summed E-state index contributed by atoms with van der Waals surface area (Å²) >= 11 is 0. The number of fused-ring (bicyclic) bond motifs is 2. The molecular formula is C28H38N4O5. The number of furan rings is 1. The second-order valence-corrected chi connectivity index (χ2v) is 9.66. The molecule has 2 aliphatic heterocycles. The number of urea groups is 2. The van der Waals surface area contributed by atoms with Crippen molar-refractivity contribution in [2.45, 2.75) is 65.0 Å². The van der Waals surface area contributed by atoms with E-state index in [1.807, 2.05) is 28.9 Å². The number of methoxy groups -OCH3 is 2. The van der Waals surface area contributed by atoms with E-state index in [9.17, 15) is 9.59 Å². The largest absolute Gasteiger partial charge is 0.497 e. The molecule has 4 amide bonds. The third kappa shape index (κ3) is 4.74. The first-order valence-corrected chi connectivity index (χ1v) is 12.9. The average molecular weight is 511 g/mol. The number of rotatable bonds is 9. The van der Waals surface area contributed by atoms with Crippen molar-refractivity contribution < 1.29 is 23.5 Å². The Morgan fingerprint density at radius 3 is 2.62 bits per heavy atom. The monoisotopic (exact) mass is 510 g/mol. The number of hydrogen-bond donors (Lipinski definition) is 2. The number of amides is 4. The SMILES string of the molecule is CCCC1(CCNC(=O)Nc2ccoc2C)C2=C[C@H](C)c3c(cc(OC)cc3OC)CN2C(=O)N1CC. The standard InChI is InChI=1S/C28H38N4O5/c1-7-10-28(11-12-29-26(33)30-22-9-13-37-19(22)4)24-14-18(3)25-20(15-21(35-5)16-23(25)36-6)17-31(24)27(34)32(28)8-2/h9,13-16,18H,7-8,10-12,17H2,1-6H3,(H2,29,30,33)/t18-,28?/m0/s1. The molecule has 0 spiro atoms. The molecule has 0 bridgehead atoms. The number of ether oxygens (including phenoxy) is 2. The summed E-state index contributed by atoms with van der Waals surface area (Å²) in [6.45, 7) is 9.51. The van der Waals surface area contributed by atoms with Crippen molar-refractivity contribution in [3.63, 3.8) is 0 Å². The highest BCUT2D eigenvalue weighted by Gasteiger charge is 2.53. The molecule has 0 aliphatic carbocycles. The van der Waals surface area contributed by atoms with E-state index in [4.69, 9.17) is 13.9 Å². The van der Waals surface area contributed by atoms with Gasteiger partial charge in [-0.1, -0.05) is 26.3 Å². The molecule has 1 saturated heterocycles. The maximum absolute atomic E-state index is 13.8. The Hall–Kier alpha value is -3.62. The van der Waals surface area contributed by atoms with Crippen LogP contribution in [0.3, 0.4) is 0 Å².